The predicted molar refractivity (Wildman–Crippen MR) is 87.9 cm³/mol. The molecule has 0 spiro atoms. The minimum Gasteiger partial charge on any atom is -0.313 e. The number of rotatable bonds is 4. The molecule has 1 aliphatic heterocycles. The van der Waals surface area contributed by atoms with Crippen molar-refractivity contribution in [3.8, 4) is 0 Å². The molecule has 0 amide bonds. The van der Waals surface area contributed by atoms with Gasteiger partial charge in [0.25, 0.3) is 0 Å². The minimum atomic E-state index is 0.717. The highest BCUT2D eigenvalue weighted by Gasteiger charge is 2.38. The Morgan fingerprint density at radius 3 is 2.30 bits per heavy atom. The summed E-state index contributed by atoms with van der Waals surface area (Å²) in [4.78, 5) is 2.82. The molecule has 2 fully saturated rings. The lowest BCUT2D eigenvalue weighted by molar-refractivity contribution is 0.0309. The molecule has 1 saturated carbocycles. The van der Waals surface area contributed by atoms with Crippen LogP contribution in [0.2, 0.25) is 0 Å². The van der Waals surface area contributed by atoms with Crippen LogP contribution in [0.15, 0.2) is 0 Å². The zero-order valence-electron chi connectivity index (χ0n) is 14.4. The number of likely N-dealkylation sites (N-methyl/N-ethyl adjacent to an activating group) is 1. The molecule has 118 valence electrons. The van der Waals surface area contributed by atoms with Crippen LogP contribution in [0.25, 0.3) is 0 Å². The quantitative estimate of drug-likeness (QED) is 0.843. The summed E-state index contributed by atoms with van der Waals surface area (Å²) in [7, 11) is 0. The number of likely N-dealkylation sites (tertiary alicyclic amines) is 1. The summed E-state index contributed by atoms with van der Waals surface area (Å²) in [6, 6.07) is 1.49. The zero-order valence-corrected chi connectivity index (χ0v) is 14.4. The smallest absolute Gasteiger partial charge is 0.0275 e. The van der Waals surface area contributed by atoms with Gasteiger partial charge < -0.3 is 5.32 Å². The Morgan fingerprint density at radius 1 is 1.10 bits per heavy atom. The van der Waals surface area contributed by atoms with Gasteiger partial charge in [0.15, 0.2) is 0 Å². The third-order valence-electron chi connectivity index (χ3n) is 5.83. The fourth-order valence-corrected chi connectivity index (χ4v) is 4.80. The summed E-state index contributed by atoms with van der Waals surface area (Å²) in [5.41, 5.74) is 0. The third-order valence-corrected chi connectivity index (χ3v) is 5.83. The number of hydrogen-bond acceptors (Lipinski definition) is 2. The summed E-state index contributed by atoms with van der Waals surface area (Å²) in [6.45, 7) is 15.7. The van der Waals surface area contributed by atoms with E-state index in [9.17, 15) is 0 Å². The van der Waals surface area contributed by atoms with E-state index in [2.05, 4.69) is 44.8 Å². The lowest BCUT2D eigenvalue weighted by Crippen LogP contribution is -2.58. The van der Waals surface area contributed by atoms with Crippen molar-refractivity contribution >= 4 is 0 Å². The van der Waals surface area contributed by atoms with E-state index in [4.69, 9.17) is 0 Å². The van der Waals surface area contributed by atoms with Crippen LogP contribution in [-0.2, 0) is 0 Å². The van der Waals surface area contributed by atoms with E-state index in [1.54, 1.807) is 0 Å². The molecule has 0 aromatic carbocycles. The molecule has 1 heterocycles. The van der Waals surface area contributed by atoms with Gasteiger partial charge >= 0.3 is 0 Å². The molecular formula is C18H36N2. The third kappa shape index (κ3) is 3.76. The summed E-state index contributed by atoms with van der Waals surface area (Å²) < 4.78 is 0. The molecule has 2 rings (SSSR count). The van der Waals surface area contributed by atoms with E-state index in [1.807, 2.05) is 0 Å². The molecule has 1 aliphatic carbocycles. The highest BCUT2D eigenvalue weighted by molar-refractivity contribution is 4.95. The van der Waals surface area contributed by atoms with Crippen LogP contribution >= 0.6 is 0 Å². The van der Waals surface area contributed by atoms with E-state index in [-0.39, 0.29) is 0 Å². The molecule has 2 nitrogen and oxygen atoms in total. The molecule has 20 heavy (non-hydrogen) atoms. The van der Waals surface area contributed by atoms with Crippen LogP contribution in [0.3, 0.4) is 0 Å². The van der Waals surface area contributed by atoms with Gasteiger partial charge in [0.05, 0.1) is 0 Å². The second kappa shape index (κ2) is 7.26. The van der Waals surface area contributed by atoms with Gasteiger partial charge in [-0.2, -0.15) is 0 Å². The van der Waals surface area contributed by atoms with Gasteiger partial charge in [0.1, 0.15) is 0 Å². The largest absolute Gasteiger partial charge is 0.313 e. The lowest BCUT2D eigenvalue weighted by Gasteiger charge is -2.48. The molecule has 2 aliphatic rings. The first kappa shape index (κ1) is 16.3. The van der Waals surface area contributed by atoms with Crippen molar-refractivity contribution in [3.63, 3.8) is 0 Å². The molecule has 2 heteroatoms. The Bertz CT molecular complexity index is 281. The molecule has 0 bridgehead atoms. The standard InChI is InChI=1S/C18H36N2/c1-6-19-17-12-14(4)11-15(5)18(17)20-9-7-16(8-10-20)13(2)3/h13-19H,6-12H2,1-5H3. The Balaban J connectivity index is 1.98. The topological polar surface area (TPSA) is 15.3 Å². The molecule has 0 aromatic rings. The second-order valence-electron chi connectivity index (χ2n) is 7.83. The van der Waals surface area contributed by atoms with Crippen molar-refractivity contribution in [2.24, 2.45) is 23.7 Å². The highest BCUT2D eigenvalue weighted by Crippen LogP contribution is 2.35. The average Bonchev–Trinajstić information content (AvgIpc) is 2.38. The van der Waals surface area contributed by atoms with Crippen molar-refractivity contribution in [2.75, 3.05) is 19.6 Å². The molecule has 0 aromatic heterocycles. The Morgan fingerprint density at radius 2 is 1.75 bits per heavy atom. The van der Waals surface area contributed by atoms with Crippen molar-refractivity contribution in [2.45, 2.75) is 72.4 Å². The minimum absolute atomic E-state index is 0.717. The van der Waals surface area contributed by atoms with Crippen LogP contribution in [0.4, 0.5) is 0 Å². The molecule has 4 unspecified atom stereocenters. The van der Waals surface area contributed by atoms with Gasteiger partial charge in [-0.3, -0.25) is 4.90 Å². The van der Waals surface area contributed by atoms with Gasteiger partial charge in [-0.1, -0.05) is 34.6 Å². The monoisotopic (exact) mass is 280 g/mol. The first-order chi connectivity index (χ1) is 9.52. The van der Waals surface area contributed by atoms with E-state index >= 15 is 0 Å². The first-order valence-corrected chi connectivity index (χ1v) is 9.00. The van der Waals surface area contributed by atoms with Crippen molar-refractivity contribution in [3.05, 3.63) is 0 Å². The molecule has 0 radical (unpaired) electrons. The molecule has 1 saturated heterocycles. The van der Waals surface area contributed by atoms with Crippen LogP contribution < -0.4 is 5.32 Å². The van der Waals surface area contributed by atoms with E-state index in [0.29, 0.717) is 6.04 Å². The van der Waals surface area contributed by atoms with Gasteiger partial charge in [-0.25, -0.2) is 0 Å². The Kier molecular flexibility index (Phi) is 5.92. The zero-order chi connectivity index (χ0) is 14.7. The normalized spacial score (nSPS) is 37.5. The van der Waals surface area contributed by atoms with E-state index in [0.717, 1.165) is 36.3 Å². The van der Waals surface area contributed by atoms with Gasteiger partial charge in [-0.05, 0) is 69.0 Å². The first-order valence-electron chi connectivity index (χ1n) is 9.00. The Labute approximate surface area is 126 Å². The van der Waals surface area contributed by atoms with Crippen molar-refractivity contribution in [1.82, 2.24) is 10.2 Å². The van der Waals surface area contributed by atoms with Crippen LogP contribution in [0.5, 0.6) is 0 Å². The number of hydrogen-bond donors (Lipinski definition) is 1. The van der Waals surface area contributed by atoms with Gasteiger partial charge in [-0.15, -0.1) is 0 Å². The summed E-state index contributed by atoms with van der Waals surface area (Å²) in [5.74, 6) is 3.56. The maximum absolute atomic E-state index is 3.78. The number of piperidine rings is 1. The van der Waals surface area contributed by atoms with Crippen molar-refractivity contribution < 1.29 is 0 Å². The average molecular weight is 281 g/mol. The predicted octanol–water partition coefficient (Wildman–Crippen LogP) is 3.77. The fourth-order valence-electron chi connectivity index (χ4n) is 4.80. The second-order valence-corrected chi connectivity index (χ2v) is 7.83. The molecule has 1 N–H and O–H groups in total. The summed E-state index contributed by atoms with van der Waals surface area (Å²) in [6.07, 6.45) is 5.61. The van der Waals surface area contributed by atoms with Crippen molar-refractivity contribution in [1.29, 1.82) is 0 Å². The fraction of sp³-hybridized carbons (Fsp3) is 1.00. The van der Waals surface area contributed by atoms with Crippen LogP contribution in [-0.4, -0.2) is 36.6 Å². The SMILES string of the molecule is CCNC1CC(C)CC(C)C1N1CCC(C(C)C)CC1. The van der Waals surface area contributed by atoms with Gasteiger partial charge in [0, 0.05) is 12.1 Å². The highest BCUT2D eigenvalue weighted by atomic mass is 15.2. The number of nitrogens with one attached hydrogen (secondary N) is 1. The van der Waals surface area contributed by atoms with Gasteiger partial charge in [0.2, 0.25) is 0 Å². The summed E-state index contributed by atoms with van der Waals surface area (Å²) in [5, 5.41) is 3.78. The van der Waals surface area contributed by atoms with Crippen LogP contribution in [0.1, 0.15) is 60.3 Å². The maximum atomic E-state index is 3.78. The van der Waals surface area contributed by atoms with Crippen LogP contribution in [0, 0.1) is 23.7 Å². The van der Waals surface area contributed by atoms with E-state index in [1.165, 1.54) is 38.8 Å². The lowest BCUT2D eigenvalue weighted by atomic mass is 9.74. The molecular weight excluding hydrogens is 244 g/mol. The summed E-state index contributed by atoms with van der Waals surface area (Å²) >= 11 is 0. The number of nitrogens with zero attached hydrogens (tertiary/aromatic N) is 1. The maximum Gasteiger partial charge on any atom is 0.0275 e. The molecule has 4 atom stereocenters. The Hall–Kier alpha value is -0.0800. The van der Waals surface area contributed by atoms with E-state index < -0.39 is 0 Å².